The van der Waals surface area contributed by atoms with Gasteiger partial charge in [0.05, 0.1) is 28.8 Å². The van der Waals surface area contributed by atoms with Gasteiger partial charge >= 0.3 is 5.69 Å². The number of hydrogen-bond donors (Lipinski definition) is 3. The van der Waals surface area contributed by atoms with E-state index in [2.05, 4.69) is 25.7 Å². The molecule has 13 heteroatoms. The molecular weight excluding hydrogens is 446 g/mol. The molecular formula is C21H23N7O6. The SMILES string of the molecule is CCN(CC)c1cc(NC(C)=O)c(N=Nc2ccc3c(=O)[nH][nH]c(=O)c3c2[N+](=O)[O-])cc1OC. The van der Waals surface area contributed by atoms with E-state index in [1.165, 1.54) is 26.2 Å². The van der Waals surface area contributed by atoms with Gasteiger partial charge in [-0.15, -0.1) is 10.2 Å². The molecule has 1 heterocycles. The van der Waals surface area contributed by atoms with Gasteiger partial charge in [0.1, 0.15) is 16.8 Å². The smallest absolute Gasteiger partial charge is 0.310 e. The van der Waals surface area contributed by atoms with Crippen LogP contribution in [0.15, 0.2) is 44.1 Å². The van der Waals surface area contributed by atoms with Gasteiger partial charge in [-0.3, -0.25) is 34.7 Å². The van der Waals surface area contributed by atoms with Gasteiger partial charge in [0.15, 0.2) is 5.69 Å². The summed E-state index contributed by atoms with van der Waals surface area (Å²) in [6, 6.07) is 5.70. The second-order valence-corrected chi connectivity index (χ2v) is 7.12. The average molecular weight is 469 g/mol. The Morgan fingerprint density at radius 2 is 1.76 bits per heavy atom. The van der Waals surface area contributed by atoms with Crippen molar-refractivity contribution in [3.05, 3.63) is 55.1 Å². The summed E-state index contributed by atoms with van der Waals surface area (Å²) < 4.78 is 5.48. The second kappa shape index (κ2) is 9.94. The number of azo groups is 1. The molecule has 0 radical (unpaired) electrons. The Balaban J connectivity index is 2.22. The van der Waals surface area contributed by atoms with Crippen LogP contribution < -0.4 is 26.1 Å². The highest BCUT2D eigenvalue weighted by atomic mass is 16.6. The Morgan fingerprint density at radius 1 is 1.12 bits per heavy atom. The van der Waals surface area contributed by atoms with E-state index in [9.17, 15) is 24.5 Å². The number of anilines is 2. The first-order valence-corrected chi connectivity index (χ1v) is 10.3. The van der Waals surface area contributed by atoms with Crippen molar-refractivity contribution in [2.75, 3.05) is 30.4 Å². The molecule has 178 valence electrons. The zero-order valence-electron chi connectivity index (χ0n) is 19.0. The molecule has 34 heavy (non-hydrogen) atoms. The number of nitro benzene ring substituents is 1. The lowest BCUT2D eigenvalue weighted by molar-refractivity contribution is -0.382. The van der Waals surface area contributed by atoms with Crippen molar-refractivity contribution in [3.8, 4) is 5.75 Å². The molecule has 0 aliphatic heterocycles. The highest BCUT2D eigenvalue weighted by Crippen LogP contribution is 2.40. The zero-order valence-corrected chi connectivity index (χ0v) is 19.0. The number of ether oxygens (including phenoxy) is 1. The van der Waals surface area contributed by atoms with Gasteiger partial charge in [-0.2, -0.15) is 0 Å². The Kier molecular flexibility index (Phi) is 7.04. The molecule has 0 fully saturated rings. The van der Waals surface area contributed by atoms with Gasteiger partial charge in [0.2, 0.25) is 5.91 Å². The summed E-state index contributed by atoms with van der Waals surface area (Å²) in [6.45, 7) is 6.65. The number of hydrogen-bond acceptors (Lipinski definition) is 9. The molecule has 2 aromatic carbocycles. The van der Waals surface area contributed by atoms with Crippen LogP contribution in [0.1, 0.15) is 20.8 Å². The second-order valence-electron chi connectivity index (χ2n) is 7.12. The lowest BCUT2D eigenvalue weighted by atomic mass is 10.1. The number of nitrogens with zero attached hydrogens (tertiary/aromatic N) is 4. The largest absolute Gasteiger partial charge is 0.494 e. The number of benzene rings is 2. The molecule has 3 aromatic rings. The number of rotatable bonds is 8. The molecule has 1 amide bonds. The van der Waals surface area contributed by atoms with Gasteiger partial charge in [0, 0.05) is 26.1 Å². The molecule has 0 atom stereocenters. The summed E-state index contributed by atoms with van der Waals surface area (Å²) in [7, 11) is 1.49. The van der Waals surface area contributed by atoms with Crippen molar-refractivity contribution in [2.45, 2.75) is 20.8 Å². The third kappa shape index (κ3) is 4.62. The van der Waals surface area contributed by atoms with E-state index < -0.39 is 27.1 Å². The van der Waals surface area contributed by atoms with Crippen molar-refractivity contribution in [1.82, 2.24) is 10.2 Å². The number of aromatic amines is 2. The normalized spacial score (nSPS) is 11.1. The first kappa shape index (κ1) is 24.1. The Labute approximate surface area is 192 Å². The lowest BCUT2D eigenvalue weighted by Crippen LogP contribution is -2.22. The monoisotopic (exact) mass is 469 g/mol. The van der Waals surface area contributed by atoms with E-state index in [4.69, 9.17) is 4.74 Å². The molecule has 0 unspecified atom stereocenters. The highest BCUT2D eigenvalue weighted by Gasteiger charge is 2.23. The van der Waals surface area contributed by atoms with Crippen molar-refractivity contribution in [1.29, 1.82) is 0 Å². The molecule has 0 aliphatic rings. The number of H-pyrrole nitrogens is 2. The topological polar surface area (TPSA) is 175 Å². The summed E-state index contributed by atoms with van der Waals surface area (Å²) in [4.78, 5) is 49.0. The minimum absolute atomic E-state index is 0.154. The maximum atomic E-state index is 12.2. The van der Waals surface area contributed by atoms with Crippen LogP contribution in [0.2, 0.25) is 0 Å². The molecule has 3 N–H and O–H groups in total. The molecule has 0 saturated heterocycles. The first-order chi connectivity index (χ1) is 16.2. The van der Waals surface area contributed by atoms with Gasteiger partial charge in [-0.1, -0.05) is 0 Å². The fourth-order valence-electron chi connectivity index (χ4n) is 3.52. The highest BCUT2D eigenvalue weighted by molar-refractivity contribution is 5.95. The third-order valence-electron chi connectivity index (χ3n) is 5.08. The standard InChI is InChI=1S/C21H23N7O6/c1-5-27(6-2)16-9-14(22-11(3)29)15(10-17(16)34-4)24-23-13-8-7-12-18(19(13)28(32)33)21(31)26-25-20(12)30/h7-10H,5-6H2,1-4H3,(H,22,29)(H,25,30)(H,26,31). The zero-order chi connectivity index (χ0) is 25.0. The summed E-state index contributed by atoms with van der Waals surface area (Å²) in [5, 5.41) is 26.1. The van der Waals surface area contributed by atoms with E-state index in [0.717, 1.165) is 5.69 Å². The predicted molar refractivity (Wildman–Crippen MR) is 127 cm³/mol. The van der Waals surface area contributed by atoms with Crippen LogP contribution in [-0.4, -0.2) is 41.2 Å². The quantitative estimate of drug-likeness (QED) is 0.257. The van der Waals surface area contributed by atoms with Gasteiger partial charge in [-0.25, -0.2) is 0 Å². The fraction of sp³-hybridized carbons (Fsp3) is 0.286. The third-order valence-corrected chi connectivity index (χ3v) is 5.08. The van der Waals surface area contributed by atoms with Gasteiger partial charge in [-0.05, 0) is 32.0 Å². The Morgan fingerprint density at radius 3 is 2.35 bits per heavy atom. The van der Waals surface area contributed by atoms with Crippen LogP contribution in [0, 0.1) is 10.1 Å². The summed E-state index contributed by atoms with van der Waals surface area (Å²) in [5.74, 6) is 0.109. The minimum atomic E-state index is -0.845. The number of carbonyl (C=O) groups excluding carboxylic acids is 1. The first-order valence-electron chi connectivity index (χ1n) is 10.3. The number of carbonyl (C=O) groups is 1. The van der Waals surface area contributed by atoms with Crippen LogP contribution in [0.3, 0.4) is 0 Å². The van der Waals surface area contributed by atoms with Gasteiger partial charge in [0.25, 0.3) is 11.1 Å². The maximum Gasteiger partial charge on any atom is 0.310 e. The predicted octanol–water partition coefficient (Wildman–Crippen LogP) is 3.35. The Hall–Kier alpha value is -4.55. The number of nitrogens with one attached hydrogen (secondary N) is 3. The maximum absolute atomic E-state index is 12.2. The van der Waals surface area contributed by atoms with E-state index >= 15 is 0 Å². The molecule has 3 rings (SSSR count). The molecule has 0 saturated carbocycles. The van der Waals surface area contributed by atoms with Crippen molar-refractivity contribution in [3.63, 3.8) is 0 Å². The molecule has 0 bridgehead atoms. The fourth-order valence-corrected chi connectivity index (χ4v) is 3.52. The number of amides is 1. The molecule has 13 nitrogen and oxygen atoms in total. The van der Waals surface area contributed by atoms with Crippen molar-refractivity contribution in [2.24, 2.45) is 10.2 Å². The van der Waals surface area contributed by atoms with Crippen molar-refractivity contribution >= 4 is 45.1 Å². The molecule has 0 spiro atoms. The number of nitro groups is 1. The number of aromatic nitrogens is 2. The van der Waals surface area contributed by atoms with Crippen LogP contribution >= 0.6 is 0 Å². The number of methoxy groups -OCH3 is 1. The van der Waals surface area contributed by atoms with E-state index in [1.807, 2.05) is 18.7 Å². The van der Waals surface area contributed by atoms with Crippen LogP contribution in [0.5, 0.6) is 5.75 Å². The van der Waals surface area contributed by atoms with E-state index in [-0.39, 0.29) is 22.7 Å². The lowest BCUT2D eigenvalue weighted by Gasteiger charge is -2.24. The summed E-state index contributed by atoms with van der Waals surface area (Å²) in [6.07, 6.45) is 0. The van der Waals surface area contributed by atoms with Crippen LogP contribution in [-0.2, 0) is 4.79 Å². The molecule has 0 aliphatic carbocycles. The summed E-state index contributed by atoms with van der Waals surface area (Å²) >= 11 is 0. The van der Waals surface area contributed by atoms with E-state index in [1.54, 1.807) is 12.1 Å². The molecule has 1 aromatic heterocycles. The minimum Gasteiger partial charge on any atom is -0.494 e. The average Bonchev–Trinajstić information content (AvgIpc) is 2.80. The van der Waals surface area contributed by atoms with Crippen LogP contribution in [0.25, 0.3) is 10.8 Å². The van der Waals surface area contributed by atoms with Crippen LogP contribution in [0.4, 0.5) is 28.4 Å². The van der Waals surface area contributed by atoms with Gasteiger partial charge < -0.3 is 15.0 Å². The van der Waals surface area contributed by atoms with Crippen molar-refractivity contribution < 1.29 is 14.5 Å². The van der Waals surface area contributed by atoms with E-state index in [0.29, 0.717) is 24.5 Å². The number of fused-ring (bicyclic) bond motifs is 1. The summed E-state index contributed by atoms with van der Waals surface area (Å²) in [5.41, 5.74) is -1.23. The Bertz CT molecular complexity index is 1410.